The Morgan fingerprint density at radius 3 is 2.33 bits per heavy atom. The number of piperidine rings is 1. The fraction of sp³-hybridized carbons (Fsp3) is 0.350. The first-order chi connectivity index (χ1) is 11.7. The Labute approximate surface area is 148 Å². The van der Waals surface area contributed by atoms with Crippen molar-refractivity contribution in [3.05, 3.63) is 59.2 Å². The van der Waals surface area contributed by atoms with E-state index in [0.29, 0.717) is 11.8 Å². The number of hydrogen-bond acceptors (Lipinski definition) is 3. The van der Waals surface area contributed by atoms with Gasteiger partial charge in [0.05, 0.1) is 25.2 Å². The fourth-order valence-corrected chi connectivity index (χ4v) is 4.50. The van der Waals surface area contributed by atoms with Gasteiger partial charge in [-0.05, 0) is 47.6 Å². The van der Waals surface area contributed by atoms with E-state index >= 15 is 0 Å². The third-order valence-electron chi connectivity index (χ3n) is 5.30. The summed E-state index contributed by atoms with van der Waals surface area (Å²) >= 11 is 5.46. The Bertz CT molecular complexity index is 775. The predicted molar refractivity (Wildman–Crippen MR) is 99.0 cm³/mol. The molecule has 2 aromatic rings. The molecule has 0 saturated carbocycles. The number of thiocarbonyl (C=S) groups is 1. The molecule has 2 aliphatic rings. The lowest BCUT2D eigenvalue weighted by Crippen LogP contribution is -2.36. The highest BCUT2D eigenvalue weighted by Crippen LogP contribution is 2.54. The summed E-state index contributed by atoms with van der Waals surface area (Å²) in [7, 11) is 3.38. The van der Waals surface area contributed by atoms with Gasteiger partial charge in [0.1, 0.15) is 0 Å². The molecule has 3 nitrogen and oxygen atoms in total. The number of fused-ring (bicyclic) bond motifs is 3. The van der Waals surface area contributed by atoms with Crippen LogP contribution < -0.4 is 14.8 Å². The van der Waals surface area contributed by atoms with Crippen molar-refractivity contribution in [1.82, 2.24) is 5.32 Å². The molecule has 0 amide bonds. The van der Waals surface area contributed by atoms with E-state index in [2.05, 4.69) is 47.8 Å². The molecule has 4 rings (SSSR count). The lowest BCUT2D eigenvalue weighted by molar-refractivity contribution is 0.352. The summed E-state index contributed by atoms with van der Waals surface area (Å²) in [4.78, 5) is 0.964. The highest BCUT2D eigenvalue weighted by atomic mass is 32.1. The summed E-state index contributed by atoms with van der Waals surface area (Å²) < 4.78 is 11.1. The zero-order chi connectivity index (χ0) is 16.7. The van der Waals surface area contributed by atoms with Crippen molar-refractivity contribution in [2.24, 2.45) is 5.92 Å². The molecule has 1 aliphatic heterocycles. The van der Waals surface area contributed by atoms with Crippen LogP contribution >= 0.6 is 12.2 Å². The Hall–Kier alpha value is -2.07. The van der Waals surface area contributed by atoms with Crippen molar-refractivity contribution < 1.29 is 9.47 Å². The molecule has 1 unspecified atom stereocenters. The highest BCUT2D eigenvalue weighted by molar-refractivity contribution is 7.80. The second-order valence-corrected chi connectivity index (χ2v) is 6.96. The molecule has 1 aliphatic carbocycles. The summed E-state index contributed by atoms with van der Waals surface area (Å²) in [5, 5.41) is 3.56. The van der Waals surface area contributed by atoms with Crippen LogP contribution in [0.5, 0.6) is 11.5 Å². The monoisotopic (exact) mass is 339 g/mol. The van der Waals surface area contributed by atoms with Crippen molar-refractivity contribution >= 4 is 17.2 Å². The maximum atomic E-state index is 5.55. The van der Waals surface area contributed by atoms with Gasteiger partial charge in [-0.15, -0.1) is 0 Å². The molecule has 124 valence electrons. The zero-order valence-electron chi connectivity index (χ0n) is 13.9. The quantitative estimate of drug-likeness (QED) is 0.848. The number of rotatable bonds is 3. The van der Waals surface area contributed by atoms with Crippen LogP contribution in [0.1, 0.15) is 41.5 Å². The minimum Gasteiger partial charge on any atom is -0.493 e. The Balaban J connectivity index is 1.89. The summed E-state index contributed by atoms with van der Waals surface area (Å²) in [6.07, 6.45) is 2.07. The largest absolute Gasteiger partial charge is 0.493 e. The maximum Gasteiger partial charge on any atom is 0.161 e. The molecule has 2 aromatic carbocycles. The van der Waals surface area contributed by atoms with Gasteiger partial charge in [0.2, 0.25) is 0 Å². The smallest absolute Gasteiger partial charge is 0.161 e. The first kappa shape index (κ1) is 15.5. The molecule has 0 radical (unpaired) electrons. The van der Waals surface area contributed by atoms with Gasteiger partial charge in [-0.25, -0.2) is 0 Å². The van der Waals surface area contributed by atoms with Gasteiger partial charge in [-0.3, -0.25) is 0 Å². The molecule has 1 heterocycles. The van der Waals surface area contributed by atoms with Gasteiger partial charge in [0, 0.05) is 5.92 Å². The van der Waals surface area contributed by atoms with E-state index in [1.54, 1.807) is 14.2 Å². The molecule has 0 spiro atoms. The number of ether oxygens (including phenoxy) is 2. The van der Waals surface area contributed by atoms with E-state index in [1.807, 2.05) is 0 Å². The van der Waals surface area contributed by atoms with Crippen molar-refractivity contribution in [2.45, 2.75) is 24.8 Å². The van der Waals surface area contributed by atoms with Crippen molar-refractivity contribution in [3.8, 4) is 11.5 Å². The molecular formula is C20H21NO2S. The zero-order valence-corrected chi connectivity index (χ0v) is 14.7. The van der Waals surface area contributed by atoms with Gasteiger partial charge >= 0.3 is 0 Å². The average molecular weight is 339 g/mol. The lowest BCUT2D eigenvalue weighted by atomic mass is 9.80. The number of hydrogen-bond donors (Lipinski definition) is 1. The lowest BCUT2D eigenvalue weighted by Gasteiger charge is -2.32. The van der Waals surface area contributed by atoms with Crippen LogP contribution in [0, 0.1) is 5.92 Å². The van der Waals surface area contributed by atoms with Crippen molar-refractivity contribution in [3.63, 3.8) is 0 Å². The molecule has 1 fully saturated rings. The third-order valence-corrected chi connectivity index (χ3v) is 5.62. The van der Waals surface area contributed by atoms with Gasteiger partial charge in [0.25, 0.3) is 0 Å². The molecule has 3 atom stereocenters. The van der Waals surface area contributed by atoms with E-state index < -0.39 is 0 Å². The second kappa shape index (κ2) is 6.10. The summed E-state index contributed by atoms with van der Waals surface area (Å²) in [6, 6.07) is 15.3. The first-order valence-electron chi connectivity index (χ1n) is 8.33. The van der Waals surface area contributed by atoms with Crippen LogP contribution in [0.4, 0.5) is 0 Å². The van der Waals surface area contributed by atoms with E-state index in [-0.39, 0.29) is 6.04 Å². The van der Waals surface area contributed by atoms with E-state index in [1.165, 1.54) is 16.7 Å². The van der Waals surface area contributed by atoms with Crippen LogP contribution in [0.25, 0.3) is 0 Å². The summed E-state index contributed by atoms with van der Waals surface area (Å²) in [6.45, 7) is 0. The predicted octanol–water partition coefficient (Wildman–Crippen LogP) is 4.22. The average Bonchev–Trinajstić information content (AvgIpc) is 2.93. The Kier molecular flexibility index (Phi) is 3.93. The van der Waals surface area contributed by atoms with Gasteiger partial charge in [-0.2, -0.15) is 0 Å². The van der Waals surface area contributed by atoms with Gasteiger partial charge in [0.15, 0.2) is 11.5 Å². The number of benzene rings is 2. The first-order valence-corrected chi connectivity index (χ1v) is 8.74. The fourth-order valence-electron chi connectivity index (χ4n) is 4.25. The molecule has 24 heavy (non-hydrogen) atoms. The Morgan fingerprint density at radius 1 is 1.00 bits per heavy atom. The molecule has 0 bridgehead atoms. The molecular weight excluding hydrogens is 318 g/mol. The molecule has 4 heteroatoms. The maximum absolute atomic E-state index is 5.55. The van der Waals surface area contributed by atoms with E-state index in [9.17, 15) is 0 Å². The van der Waals surface area contributed by atoms with Crippen LogP contribution in [-0.4, -0.2) is 19.2 Å². The minimum absolute atomic E-state index is 0.256. The minimum atomic E-state index is 0.256. The molecule has 0 aromatic heterocycles. The molecule has 1 saturated heterocycles. The van der Waals surface area contributed by atoms with Crippen LogP contribution in [0.2, 0.25) is 0 Å². The van der Waals surface area contributed by atoms with Crippen LogP contribution in [0.3, 0.4) is 0 Å². The summed E-state index contributed by atoms with van der Waals surface area (Å²) in [5.74, 6) is 2.44. The second-order valence-electron chi connectivity index (χ2n) is 6.47. The topological polar surface area (TPSA) is 30.5 Å². The van der Waals surface area contributed by atoms with Crippen LogP contribution in [0.15, 0.2) is 42.5 Å². The van der Waals surface area contributed by atoms with Crippen molar-refractivity contribution in [1.29, 1.82) is 0 Å². The van der Waals surface area contributed by atoms with Crippen LogP contribution in [-0.2, 0) is 0 Å². The third kappa shape index (κ3) is 2.37. The SMILES string of the molecule is COc1cc2c(cc1OC)[C@H]1NC(=S)CC[C@@H]1C2c1ccccc1. The normalized spacial score (nSPS) is 24.8. The highest BCUT2D eigenvalue weighted by Gasteiger charge is 2.44. The number of nitrogens with one attached hydrogen (secondary N) is 1. The number of methoxy groups -OCH3 is 2. The van der Waals surface area contributed by atoms with E-state index in [4.69, 9.17) is 21.7 Å². The summed E-state index contributed by atoms with van der Waals surface area (Å²) in [5.41, 5.74) is 3.97. The Morgan fingerprint density at radius 2 is 1.67 bits per heavy atom. The van der Waals surface area contributed by atoms with Gasteiger partial charge in [-0.1, -0.05) is 42.5 Å². The standard InChI is InChI=1S/C20H21NO2S/c1-22-16-10-14-15(11-17(16)23-2)20-13(8-9-18(24)21-20)19(14)12-6-4-3-5-7-12/h3-7,10-11,13,19-20H,8-9H2,1-2H3,(H,21,24)/t13-,19?,20+/m1/s1. The van der Waals surface area contributed by atoms with Gasteiger partial charge < -0.3 is 14.8 Å². The van der Waals surface area contributed by atoms with E-state index in [0.717, 1.165) is 29.3 Å². The van der Waals surface area contributed by atoms with Crippen molar-refractivity contribution in [2.75, 3.05) is 14.2 Å². The molecule has 1 N–H and O–H groups in total.